The summed E-state index contributed by atoms with van der Waals surface area (Å²) >= 11 is 3.81. The fourth-order valence-electron chi connectivity index (χ4n) is 10.5. The Balaban J connectivity index is 0.000000844. The third-order valence-corrected chi connectivity index (χ3v) is 19.1. The molecular weight excluding hydrogens is 1690 g/mol. The second kappa shape index (κ2) is 37.8. The van der Waals surface area contributed by atoms with E-state index < -0.39 is 121 Å². The lowest BCUT2D eigenvalue weighted by Gasteiger charge is -2.26. The molecule has 0 unspecified atom stereocenters. The van der Waals surface area contributed by atoms with Crippen molar-refractivity contribution in [2.24, 2.45) is 5.92 Å². The fraction of sp³-hybridized carbons (Fsp3) is 0.338. The van der Waals surface area contributed by atoms with Crippen molar-refractivity contribution in [1.29, 1.82) is 0 Å². The lowest BCUT2D eigenvalue weighted by molar-refractivity contribution is -0.143. The van der Waals surface area contributed by atoms with Crippen LogP contribution in [0.2, 0.25) is 0 Å². The van der Waals surface area contributed by atoms with E-state index in [0.717, 1.165) is 32.7 Å². The number of alkyl halides is 12. The highest BCUT2D eigenvalue weighted by Crippen LogP contribution is 2.38. The number of carbonyl (C=O) groups is 6. The Bertz CT molecular complexity index is 5670. The molecule has 0 saturated carbocycles. The third kappa shape index (κ3) is 26.7. The molecule has 1 atom stereocenters. The largest absolute Gasteiger partial charge is 0.454 e. The van der Waals surface area contributed by atoms with E-state index in [9.17, 15) is 94.6 Å². The van der Waals surface area contributed by atoms with Crippen LogP contribution in [0.1, 0.15) is 93.5 Å². The molecule has 0 radical (unpaired) electrons. The van der Waals surface area contributed by atoms with Crippen LogP contribution in [0, 0.1) is 23.4 Å². The van der Waals surface area contributed by atoms with Gasteiger partial charge in [-0.05, 0) is 126 Å². The zero-order valence-electron chi connectivity index (χ0n) is 64.9. The van der Waals surface area contributed by atoms with Gasteiger partial charge in [0.25, 0.3) is 0 Å². The van der Waals surface area contributed by atoms with E-state index in [1.54, 1.807) is 103 Å². The molecule has 1 aliphatic rings. The Morgan fingerprint density at radius 1 is 0.463 bits per heavy atom. The van der Waals surface area contributed by atoms with Gasteiger partial charge in [0, 0.05) is 60.1 Å². The van der Waals surface area contributed by atoms with Gasteiger partial charge in [0.2, 0.25) is 36.3 Å². The number of aromatic nitrogens is 11. The number of halogens is 15. The number of Topliss-reactive ketones (excluding diaryl/α,β-unsaturated/α-hetero) is 1. The highest BCUT2D eigenvalue weighted by atomic mass is 32.1. The normalized spacial score (nSPS) is 12.5. The number of nitrogens with two attached hydrogens (primary N) is 1. The average Bonchev–Trinajstić information content (AvgIpc) is 1.79. The molecule has 0 aliphatic carbocycles. The van der Waals surface area contributed by atoms with Crippen molar-refractivity contribution >= 4 is 139 Å². The first-order valence-electron chi connectivity index (χ1n) is 35.5. The molecule has 29 nitrogen and oxygen atoms in total. The second-order valence-corrected chi connectivity index (χ2v) is 31.2. The van der Waals surface area contributed by atoms with Crippen molar-refractivity contribution in [2.75, 3.05) is 64.1 Å². The molecule has 12 rings (SSSR count). The molecule has 5 amide bonds. The number of thiazole rings is 3. The average molecular weight is 1780 g/mol. The number of rotatable bonds is 24. The van der Waals surface area contributed by atoms with Crippen molar-refractivity contribution in [2.45, 2.75) is 129 Å². The van der Waals surface area contributed by atoms with Crippen LogP contribution in [0.3, 0.4) is 0 Å². The molecule has 47 heteroatoms. The quantitative estimate of drug-likeness (QED) is 0.0251. The van der Waals surface area contributed by atoms with Gasteiger partial charge < -0.3 is 63.1 Å². The van der Waals surface area contributed by atoms with Crippen molar-refractivity contribution < 1.29 is 116 Å². The molecule has 8 heterocycles. The Kier molecular flexibility index (Phi) is 28.8. The lowest BCUT2D eigenvalue weighted by Crippen LogP contribution is -2.50. The van der Waals surface area contributed by atoms with E-state index in [-0.39, 0.29) is 70.9 Å². The van der Waals surface area contributed by atoms with Crippen LogP contribution >= 0.6 is 34.0 Å². The second-order valence-electron chi connectivity index (χ2n) is 28.1. The van der Waals surface area contributed by atoms with E-state index in [1.165, 1.54) is 95.6 Å². The molecule has 0 fully saturated rings. The summed E-state index contributed by atoms with van der Waals surface area (Å²) in [6.45, 7) is 9.70. The van der Waals surface area contributed by atoms with Gasteiger partial charge in [-0.1, -0.05) is 47.9 Å². The molecule has 0 spiro atoms. The van der Waals surface area contributed by atoms with Crippen LogP contribution in [-0.4, -0.2) is 164 Å². The Labute approximate surface area is 699 Å². The minimum Gasteiger partial charge on any atom is -0.454 e. The number of anilines is 7. The van der Waals surface area contributed by atoms with Crippen molar-refractivity contribution in [1.82, 2.24) is 70.8 Å². The molecule has 11 N–H and O–H groups in total. The monoisotopic (exact) mass is 1780 g/mol. The van der Waals surface area contributed by atoms with Crippen LogP contribution < -0.4 is 63.1 Å². The van der Waals surface area contributed by atoms with Crippen LogP contribution in [-0.2, 0) is 28.8 Å². The Morgan fingerprint density at radius 2 is 0.826 bits per heavy atom. The predicted octanol–water partition coefficient (Wildman–Crippen LogP) is 17.0. The smallest absolute Gasteiger partial charge is 0.405 e. The topological polar surface area (TPSA) is 397 Å². The highest BCUT2D eigenvalue weighted by molar-refractivity contribution is 7.23. The zero-order valence-corrected chi connectivity index (χ0v) is 67.3. The maximum Gasteiger partial charge on any atom is 0.405 e. The van der Waals surface area contributed by atoms with Crippen LogP contribution in [0.15, 0.2) is 104 Å². The van der Waals surface area contributed by atoms with Gasteiger partial charge in [-0.25, -0.2) is 68.0 Å². The molecule has 11 aromatic rings. The molecule has 4 aromatic carbocycles. The lowest BCUT2D eigenvalue weighted by atomic mass is 9.97. The Morgan fingerprint density at radius 3 is 1.21 bits per heavy atom. The maximum atomic E-state index is 14.3. The number of hydrogen-bond acceptors (Lipinski definition) is 27. The standard InChI is InChI=1S/C21H22F3N5O2S.C19H18F4N6O2S.C17H16F4N6OS.C17H16F4N4O3.8H2/c1-11(2)18(15(31)6-8-21(22,23)24)28-17-7-9-25-19(29-17)13-4-5-14-16(10-13)32-20(27-14)26-12(3)30;1-9(30)26-17-27-12-5-4-10(6-13(12)32-17)14-24-7-11(20)15(28-14)29-18(2,3)16(31)25-8-19(21,22)23;1-16(2,14(28)24-7-17(19,20)21)27-13-9(18)6-23-12(26-13)8-3-4-10-11(5-8)29-15(22)25-10;1-16(2,15(26)23-7-17(19,20)21)25-14-10(18)6-22-13(24-14)9-3-4-11-12(5-9)28-8-27-11;;;;;;;;/h4-5,7,9-11,18H,6,8H2,1-3H3,(H,25,28,29)(H,26,27,30);4-7H,8H2,1-3H3,(H,25,31)(H,24,28,29)(H,26,27,30);3-6H,7H2,1-2H3,(H2,22,25)(H,24,28)(H,23,26,27);3-6H,7-8H2,1-2H3,(H,23,26)(H,22,24,25);8*1H/t18-;;;;;;;;;;;/m1.........../s1. The third-order valence-electron chi connectivity index (χ3n) is 16.4. The number of hydrogen-bond donors (Lipinski definition) is 10. The summed E-state index contributed by atoms with van der Waals surface area (Å²) in [4.78, 5) is 117. The van der Waals surface area contributed by atoms with Gasteiger partial charge in [-0.2, -0.15) is 52.7 Å². The number of ether oxygens (including phenoxy) is 2. The number of fused-ring (bicyclic) bond motifs is 4. The van der Waals surface area contributed by atoms with Crippen LogP contribution in [0.25, 0.3) is 76.2 Å². The van der Waals surface area contributed by atoms with Gasteiger partial charge in [0.1, 0.15) is 42.1 Å². The summed E-state index contributed by atoms with van der Waals surface area (Å²) in [7, 11) is 0. The molecule has 7 aromatic heterocycles. The summed E-state index contributed by atoms with van der Waals surface area (Å²) in [5, 5.41) is 22.4. The van der Waals surface area contributed by atoms with E-state index in [0.29, 0.717) is 77.3 Å². The van der Waals surface area contributed by atoms with Gasteiger partial charge in [0.05, 0.1) is 61.7 Å². The maximum absolute atomic E-state index is 14.3. The van der Waals surface area contributed by atoms with E-state index in [4.69, 9.17) is 15.2 Å². The number of nitrogens with one attached hydrogen (secondary N) is 9. The summed E-state index contributed by atoms with van der Waals surface area (Å²) in [6, 6.07) is 21.2. The molecule has 0 saturated heterocycles. The van der Waals surface area contributed by atoms with Gasteiger partial charge in [0.15, 0.2) is 90.9 Å². The predicted molar refractivity (Wildman–Crippen MR) is 438 cm³/mol. The number of carbonyl (C=O) groups excluding carboxylic acids is 6. The summed E-state index contributed by atoms with van der Waals surface area (Å²) in [5.41, 5.74) is 5.28. The molecule has 121 heavy (non-hydrogen) atoms. The molecular formula is C74H88F15N21O8S3. The first-order chi connectivity index (χ1) is 56.3. The summed E-state index contributed by atoms with van der Waals surface area (Å²) < 4.78 is 204. The van der Waals surface area contributed by atoms with Crippen LogP contribution in [0.4, 0.5) is 105 Å². The molecule has 660 valence electrons. The van der Waals surface area contributed by atoms with E-state index >= 15 is 0 Å². The minimum atomic E-state index is -4.58. The number of amides is 5. The Hall–Kier alpha value is -12.6. The van der Waals surface area contributed by atoms with Gasteiger partial charge in [-0.3, -0.25) is 28.8 Å². The zero-order chi connectivity index (χ0) is 89.1. The summed E-state index contributed by atoms with van der Waals surface area (Å²) in [6.07, 6.45) is -15.6. The van der Waals surface area contributed by atoms with E-state index in [1.807, 2.05) is 6.07 Å². The first kappa shape index (κ1) is 92.3. The summed E-state index contributed by atoms with van der Waals surface area (Å²) in [5.74, 6) is -5.52. The molecule has 0 bridgehead atoms. The number of benzene rings is 4. The van der Waals surface area contributed by atoms with Crippen molar-refractivity contribution in [3.63, 3.8) is 0 Å². The molecule has 1 aliphatic heterocycles. The number of ketones is 1. The van der Waals surface area contributed by atoms with Crippen molar-refractivity contribution in [3.8, 4) is 57.1 Å². The van der Waals surface area contributed by atoms with Gasteiger partial charge in [-0.15, -0.1) is 0 Å². The van der Waals surface area contributed by atoms with E-state index in [2.05, 4.69) is 86.7 Å². The minimum absolute atomic E-state index is 0. The SMILES string of the molecule is CC(=O)Nc1nc2ccc(-c3ncc(F)c(NC(C)(C)C(=O)NCC(F)(F)F)n3)cc2s1.CC(=O)Nc1nc2ccc(-c3nccc(N[C@@H](C(=O)CCC(F)(F)F)C(C)C)n3)cc2s1.CC(C)(Nc1nc(-c2ccc3c(c2)OCO3)ncc1F)C(=O)NCC(F)(F)F.CC(C)(Nc1nc(-c2ccc3nc(N)sc3c2)ncc1F)C(=O)NCC(F)(F)F.[HH].[HH].[HH].[HH].[HH].[HH].[HH].[HH]. The van der Waals surface area contributed by atoms with Crippen LogP contribution in [0.5, 0.6) is 11.5 Å². The van der Waals surface area contributed by atoms with Crippen molar-refractivity contribution in [3.05, 3.63) is 121 Å². The first-order valence-corrected chi connectivity index (χ1v) is 37.9. The number of nitrogens with zero attached hydrogens (tertiary/aromatic N) is 11. The number of nitrogen functional groups attached to an aromatic ring is 1. The fourth-order valence-corrected chi connectivity index (χ4v) is 13.1. The van der Waals surface area contributed by atoms with Gasteiger partial charge >= 0.3 is 24.7 Å². The highest BCUT2D eigenvalue weighted by Gasteiger charge is 2.38.